The average molecular weight is 436 g/mol. The highest BCUT2D eigenvalue weighted by Gasteiger charge is 2.15. The van der Waals surface area contributed by atoms with Crippen LogP contribution in [0.2, 0.25) is 0 Å². The van der Waals surface area contributed by atoms with Gasteiger partial charge >= 0.3 is 0 Å². The Morgan fingerprint density at radius 1 is 1.10 bits per heavy atom. The third-order valence-electron chi connectivity index (χ3n) is 4.16. The number of rotatable bonds is 8. The Hall–Kier alpha value is -1.80. The van der Waals surface area contributed by atoms with Gasteiger partial charge in [-0.15, -0.1) is 18.8 Å². The summed E-state index contributed by atoms with van der Waals surface area (Å²) in [4.78, 5) is 2.13. The minimum absolute atomic E-state index is 0. The molecular weight excluding hydrogens is 405 g/mol. The van der Waals surface area contributed by atoms with Crippen LogP contribution >= 0.6 is 24.0 Å². The van der Waals surface area contributed by atoms with Crippen LogP contribution < -0.4 is 0 Å². The van der Waals surface area contributed by atoms with Gasteiger partial charge in [0, 0.05) is 12.1 Å². The number of halogens is 2. The molecule has 2 aromatic carbocycles. The smallest absolute Gasteiger partial charge is 0.144 e. The van der Waals surface area contributed by atoms with Crippen molar-refractivity contribution in [1.29, 1.82) is 0 Å². The van der Waals surface area contributed by atoms with Crippen LogP contribution in [0.1, 0.15) is 30.6 Å². The van der Waals surface area contributed by atoms with E-state index in [2.05, 4.69) is 73.4 Å². The number of hydrogen-bond acceptors (Lipinski definition) is 3. The van der Waals surface area contributed by atoms with Crippen LogP contribution in [0.3, 0.4) is 0 Å². The molecule has 0 radical (unpaired) electrons. The number of terminal acetylenes is 1. The van der Waals surface area contributed by atoms with E-state index >= 15 is 0 Å². The van der Waals surface area contributed by atoms with Gasteiger partial charge in [-0.2, -0.15) is 0 Å². The Morgan fingerprint density at radius 3 is 1.90 bits per heavy atom. The Labute approximate surface area is 186 Å². The summed E-state index contributed by atoms with van der Waals surface area (Å²) in [5, 5.41) is 9.22. The van der Waals surface area contributed by atoms with Gasteiger partial charge < -0.3 is 14.7 Å². The van der Waals surface area contributed by atoms with Crippen molar-refractivity contribution in [2.45, 2.75) is 25.0 Å². The van der Waals surface area contributed by atoms with Crippen molar-refractivity contribution in [2.24, 2.45) is 0 Å². The molecule has 1 unspecified atom stereocenters. The van der Waals surface area contributed by atoms with Gasteiger partial charge in [0.1, 0.15) is 11.7 Å². The molecule has 0 heterocycles. The summed E-state index contributed by atoms with van der Waals surface area (Å²) in [6.07, 6.45) is 6.87. The first-order valence-electron chi connectivity index (χ1n) is 9.30. The fraction of sp³-hybridized carbons (Fsp3) is 0.333. The van der Waals surface area contributed by atoms with Gasteiger partial charge in [0.15, 0.2) is 0 Å². The highest BCUT2D eigenvalue weighted by atomic mass is 35.5. The van der Waals surface area contributed by atoms with E-state index in [1.165, 1.54) is 22.7 Å². The maximum absolute atomic E-state index is 9.22. The van der Waals surface area contributed by atoms with E-state index in [1.807, 2.05) is 12.1 Å². The quantitative estimate of drug-likeness (QED) is 0.571. The standard InChI is InChI=1S/C17H21NO.C7H9ClO.ClH/c1-18(2)13-14-19-17(15-9-5-3-6-10-15)16-11-7-4-8-12-16;1-3-7(9,4-2)5-6-8;/h3-12,17H,13-14H2,1-2H3;1,5-6,9H,4H2,2H3;1H/b;6-5+;. The van der Waals surface area contributed by atoms with Gasteiger partial charge in [0.2, 0.25) is 0 Å². The molecule has 0 saturated carbocycles. The molecule has 2 aromatic rings. The zero-order chi connectivity index (χ0) is 20.8. The second-order valence-electron chi connectivity index (χ2n) is 6.59. The van der Waals surface area contributed by atoms with E-state index in [1.54, 1.807) is 6.92 Å². The molecule has 0 amide bonds. The first-order valence-corrected chi connectivity index (χ1v) is 9.73. The normalized spacial score (nSPS) is 12.6. The van der Waals surface area contributed by atoms with E-state index in [0.717, 1.165) is 13.2 Å². The van der Waals surface area contributed by atoms with Crippen LogP contribution in [0.5, 0.6) is 0 Å². The van der Waals surface area contributed by atoms with E-state index in [-0.39, 0.29) is 18.5 Å². The Morgan fingerprint density at radius 2 is 1.59 bits per heavy atom. The van der Waals surface area contributed by atoms with Crippen LogP contribution in [0.15, 0.2) is 72.3 Å². The van der Waals surface area contributed by atoms with Crippen LogP contribution in [-0.4, -0.2) is 42.9 Å². The first-order chi connectivity index (χ1) is 13.5. The number of benzene rings is 2. The summed E-state index contributed by atoms with van der Waals surface area (Å²) in [5.74, 6) is 2.21. The molecule has 0 aliphatic rings. The molecule has 0 bridgehead atoms. The Balaban J connectivity index is 0.000000672. The van der Waals surface area contributed by atoms with Gasteiger partial charge in [-0.3, -0.25) is 0 Å². The molecule has 158 valence electrons. The van der Waals surface area contributed by atoms with Gasteiger partial charge in [0.05, 0.1) is 6.61 Å². The molecule has 1 atom stereocenters. The molecule has 3 nitrogen and oxygen atoms in total. The monoisotopic (exact) mass is 435 g/mol. The SMILES string of the molecule is C#CC(O)(/C=C/Cl)CC.CN(C)CCOC(c1ccccc1)c1ccccc1.Cl. The highest BCUT2D eigenvalue weighted by molar-refractivity contribution is 6.25. The predicted octanol–water partition coefficient (Wildman–Crippen LogP) is 5.29. The lowest BCUT2D eigenvalue weighted by atomic mass is 10.0. The lowest BCUT2D eigenvalue weighted by molar-refractivity contribution is 0.0687. The summed E-state index contributed by atoms with van der Waals surface area (Å²) >= 11 is 5.21. The molecule has 0 saturated heterocycles. The van der Waals surface area contributed by atoms with E-state index in [9.17, 15) is 5.11 Å². The van der Waals surface area contributed by atoms with Crippen LogP contribution in [-0.2, 0) is 4.74 Å². The van der Waals surface area contributed by atoms with Gasteiger partial charge in [-0.1, -0.05) is 85.1 Å². The van der Waals surface area contributed by atoms with Crippen molar-refractivity contribution in [3.05, 3.63) is 83.4 Å². The number of aliphatic hydroxyl groups is 1. The lowest BCUT2D eigenvalue weighted by Gasteiger charge is -2.20. The summed E-state index contributed by atoms with van der Waals surface area (Å²) in [5.41, 5.74) is 2.48. The van der Waals surface area contributed by atoms with E-state index in [0.29, 0.717) is 6.42 Å². The van der Waals surface area contributed by atoms with Gasteiger partial charge in [0.25, 0.3) is 0 Å². The van der Waals surface area contributed by atoms with Crippen molar-refractivity contribution in [1.82, 2.24) is 4.90 Å². The topological polar surface area (TPSA) is 32.7 Å². The Bertz CT molecular complexity index is 690. The molecule has 0 fully saturated rings. The molecule has 5 heteroatoms. The molecule has 0 aliphatic heterocycles. The Kier molecular flexibility index (Phi) is 14.2. The number of likely N-dealkylation sites (N-methyl/N-ethyl adjacent to an activating group) is 1. The summed E-state index contributed by atoms with van der Waals surface area (Å²) < 4.78 is 6.08. The minimum Gasteiger partial charge on any atom is -0.374 e. The summed E-state index contributed by atoms with van der Waals surface area (Å²) in [7, 11) is 4.12. The van der Waals surface area contributed by atoms with Crippen molar-refractivity contribution in [3.8, 4) is 12.3 Å². The molecular formula is C24H31Cl2NO2. The minimum atomic E-state index is -1.15. The molecule has 2 rings (SSSR count). The second-order valence-corrected chi connectivity index (χ2v) is 6.84. The number of hydrogen-bond donors (Lipinski definition) is 1. The van der Waals surface area contributed by atoms with Gasteiger partial charge in [-0.05, 0) is 37.7 Å². The van der Waals surface area contributed by atoms with E-state index in [4.69, 9.17) is 22.8 Å². The number of nitrogens with zero attached hydrogens (tertiary/aromatic N) is 1. The van der Waals surface area contributed by atoms with Gasteiger partial charge in [-0.25, -0.2) is 0 Å². The highest BCUT2D eigenvalue weighted by Crippen LogP contribution is 2.25. The molecule has 0 spiro atoms. The predicted molar refractivity (Wildman–Crippen MR) is 126 cm³/mol. The maximum atomic E-state index is 9.22. The molecule has 0 aromatic heterocycles. The third kappa shape index (κ3) is 10.5. The molecule has 29 heavy (non-hydrogen) atoms. The fourth-order valence-electron chi connectivity index (χ4n) is 2.37. The van der Waals surface area contributed by atoms with Crippen LogP contribution in [0.25, 0.3) is 0 Å². The van der Waals surface area contributed by atoms with Crippen molar-refractivity contribution < 1.29 is 9.84 Å². The van der Waals surface area contributed by atoms with Crippen molar-refractivity contribution >= 4 is 24.0 Å². The summed E-state index contributed by atoms with van der Waals surface area (Å²) in [6.45, 7) is 3.44. The fourth-order valence-corrected chi connectivity index (χ4v) is 2.57. The third-order valence-corrected chi connectivity index (χ3v) is 4.28. The second kappa shape index (κ2) is 15.1. The lowest BCUT2D eigenvalue weighted by Crippen LogP contribution is -2.20. The molecule has 0 aliphatic carbocycles. The first kappa shape index (κ1) is 27.2. The van der Waals surface area contributed by atoms with E-state index < -0.39 is 5.60 Å². The molecule has 1 N–H and O–H groups in total. The average Bonchev–Trinajstić information content (AvgIpc) is 2.73. The van der Waals surface area contributed by atoms with Crippen molar-refractivity contribution in [2.75, 3.05) is 27.2 Å². The van der Waals surface area contributed by atoms with Crippen molar-refractivity contribution in [3.63, 3.8) is 0 Å². The zero-order valence-corrected chi connectivity index (χ0v) is 18.9. The number of ether oxygens (including phenoxy) is 1. The van der Waals surface area contributed by atoms with Crippen LogP contribution in [0.4, 0.5) is 0 Å². The maximum Gasteiger partial charge on any atom is 0.144 e. The zero-order valence-electron chi connectivity index (χ0n) is 17.3. The summed E-state index contributed by atoms with van der Waals surface area (Å²) in [6, 6.07) is 20.8. The van der Waals surface area contributed by atoms with Crippen LogP contribution in [0, 0.1) is 12.3 Å². The largest absolute Gasteiger partial charge is 0.374 e.